The Labute approximate surface area is 131 Å². The third-order valence-electron chi connectivity index (χ3n) is 4.41. The minimum absolute atomic E-state index is 0.115. The Bertz CT molecular complexity index is 642. The third-order valence-corrected chi connectivity index (χ3v) is 4.41. The molecule has 2 aromatic rings. The van der Waals surface area contributed by atoms with Crippen LogP contribution in [-0.4, -0.2) is 53.8 Å². The van der Waals surface area contributed by atoms with Crippen molar-refractivity contribution < 1.29 is 9.69 Å². The van der Waals surface area contributed by atoms with Crippen molar-refractivity contribution in [3.05, 3.63) is 53.3 Å². The van der Waals surface area contributed by atoms with E-state index >= 15 is 0 Å². The van der Waals surface area contributed by atoms with Crippen LogP contribution in [0.25, 0.3) is 0 Å². The number of piperazine rings is 1. The van der Waals surface area contributed by atoms with Crippen molar-refractivity contribution in [3.8, 4) is 0 Å². The number of amides is 1. The lowest BCUT2D eigenvalue weighted by Crippen LogP contribution is -3.12. The zero-order valence-corrected chi connectivity index (χ0v) is 13.2. The Morgan fingerprint density at radius 2 is 1.91 bits per heavy atom. The number of nitrogens with one attached hydrogen (secondary N) is 1. The van der Waals surface area contributed by atoms with Crippen molar-refractivity contribution in [2.24, 2.45) is 0 Å². The molecule has 2 heterocycles. The van der Waals surface area contributed by atoms with Crippen molar-refractivity contribution in [3.63, 3.8) is 0 Å². The smallest absolute Gasteiger partial charge is 0.257 e. The van der Waals surface area contributed by atoms with E-state index < -0.39 is 0 Å². The highest BCUT2D eigenvalue weighted by Gasteiger charge is 2.25. The van der Waals surface area contributed by atoms with Gasteiger partial charge in [0, 0.05) is 5.69 Å². The predicted octanol–water partition coefficient (Wildman–Crippen LogP) is 0.210. The van der Waals surface area contributed by atoms with E-state index in [9.17, 15) is 4.79 Å². The summed E-state index contributed by atoms with van der Waals surface area (Å²) in [4.78, 5) is 16.1. The minimum Gasteiger partial charge on any atom is -0.334 e. The lowest BCUT2D eigenvalue weighted by molar-refractivity contribution is -0.883. The van der Waals surface area contributed by atoms with Gasteiger partial charge in [0.25, 0.3) is 5.91 Å². The third kappa shape index (κ3) is 3.04. The first-order chi connectivity index (χ1) is 10.6. The lowest BCUT2D eigenvalue weighted by atomic mass is 10.2. The van der Waals surface area contributed by atoms with Crippen LogP contribution < -0.4 is 4.90 Å². The monoisotopic (exact) mass is 299 g/mol. The van der Waals surface area contributed by atoms with Crippen LogP contribution in [0.1, 0.15) is 21.6 Å². The van der Waals surface area contributed by atoms with Gasteiger partial charge in [-0.1, -0.05) is 30.3 Å². The van der Waals surface area contributed by atoms with Crippen molar-refractivity contribution in [2.45, 2.75) is 13.5 Å². The number of nitrogens with zero attached hydrogens (tertiary/aromatic N) is 3. The highest BCUT2D eigenvalue weighted by molar-refractivity contribution is 5.95. The van der Waals surface area contributed by atoms with Crippen LogP contribution >= 0.6 is 0 Å². The average molecular weight is 299 g/mol. The van der Waals surface area contributed by atoms with Gasteiger partial charge >= 0.3 is 0 Å². The van der Waals surface area contributed by atoms with Crippen molar-refractivity contribution in [1.29, 1.82) is 0 Å². The Hall–Kier alpha value is -2.14. The number of carbonyl (C=O) groups excluding carboxylic acids is 1. The van der Waals surface area contributed by atoms with Gasteiger partial charge in [0.15, 0.2) is 0 Å². The summed E-state index contributed by atoms with van der Waals surface area (Å²) < 4.78 is 1.91. The van der Waals surface area contributed by atoms with Gasteiger partial charge in [-0.25, -0.2) is 0 Å². The van der Waals surface area contributed by atoms with Crippen LogP contribution in [-0.2, 0) is 6.54 Å². The first-order valence-electron chi connectivity index (χ1n) is 7.82. The van der Waals surface area contributed by atoms with Crippen molar-refractivity contribution in [1.82, 2.24) is 14.7 Å². The van der Waals surface area contributed by atoms with Crippen LogP contribution in [0, 0.1) is 6.92 Å². The van der Waals surface area contributed by atoms with Gasteiger partial charge in [-0.3, -0.25) is 9.48 Å². The van der Waals surface area contributed by atoms with Gasteiger partial charge in [0.05, 0.1) is 51.5 Å². The number of hydrogen-bond donors (Lipinski definition) is 1. The van der Waals surface area contributed by atoms with Gasteiger partial charge in [0.1, 0.15) is 0 Å². The summed E-state index contributed by atoms with van der Waals surface area (Å²) in [7, 11) is 2.17. The fourth-order valence-corrected chi connectivity index (χ4v) is 2.83. The molecule has 0 radical (unpaired) electrons. The maximum Gasteiger partial charge on any atom is 0.257 e. The fourth-order valence-electron chi connectivity index (χ4n) is 2.83. The van der Waals surface area contributed by atoms with Crippen molar-refractivity contribution >= 4 is 5.91 Å². The number of carbonyl (C=O) groups is 1. The number of aromatic nitrogens is 2. The molecule has 1 amide bonds. The number of quaternary nitrogens is 1. The van der Waals surface area contributed by atoms with E-state index in [0.29, 0.717) is 6.54 Å². The molecule has 0 unspecified atom stereocenters. The summed E-state index contributed by atoms with van der Waals surface area (Å²) in [6, 6.07) is 10.2. The van der Waals surface area contributed by atoms with Gasteiger partial charge in [-0.15, -0.1) is 0 Å². The van der Waals surface area contributed by atoms with E-state index in [-0.39, 0.29) is 5.91 Å². The quantitative estimate of drug-likeness (QED) is 0.880. The second-order valence-electron chi connectivity index (χ2n) is 6.04. The summed E-state index contributed by atoms with van der Waals surface area (Å²) in [5, 5.41) is 4.41. The molecule has 1 fully saturated rings. The molecule has 22 heavy (non-hydrogen) atoms. The first kappa shape index (κ1) is 14.8. The van der Waals surface area contributed by atoms with Gasteiger partial charge < -0.3 is 9.80 Å². The summed E-state index contributed by atoms with van der Waals surface area (Å²) >= 11 is 0. The number of rotatable bonds is 3. The molecule has 3 rings (SSSR count). The molecule has 1 aliphatic rings. The molecule has 0 saturated carbocycles. The molecule has 0 atom stereocenters. The molecule has 1 aliphatic heterocycles. The molecule has 0 spiro atoms. The molecule has 1 aromatic heterocycles. The van der Waals surface area contributed by atoms with Crippen LogP contribution in [0.2, 0.25) is 0 Å². The Morgan fingerprint density at radius 3 is 2.59 bits per heavy atom. The minimum atomic E-state index is 0.115. The van der Waals surface area contributed by atoms with Crippen molar-refractivity contribution in [2.75, 3.05) is 33.2 Å². The summed E-state index contributed by atoms with van der Waals surface area (Å²) in [6.45, 7) is 6.37. The summed E-state index contributed by atoms with van der Waals surface area (Å²) in [6.07, 6.45) is 1.71. The molecule has 116 valence electrons. The normalized spacial score (nSPS) is 16.0. The van der Waals surface area contributed by atoms with E-state index in [0.717, 1.165) is 37.4 Å². The molecular weight excluding hydrogens is 276 g/mol. The molecule has 5 heteroatoms. The number of likely N-dealkylation sites (N-methyl/N-ethyl adjacent to an activating group) is 1. The van der Waals surface area contributed by atoms with Crippen LogP contribution in [0.4, 0.5) is 0 Å². The van der Waals surface area contributed by atoms with Gasteiger partial charge in [-0.05, 0) is 12.5 Å². The molecule has 0 bridgehead atoms. The molecule has 0 aliphatic carbocycles. The molecule has 1 saturated heterocycles. The molecule has 1 aromatic carbocycles. The Kier molecular flexibility index (Phi) is 4.24. The van der Waals surface area contributed by atoms with Crippen LogP contribution in [0.15, 0.2) is 36.5 Å². The first-order valence-corrected chi connectivity index (χ1v) is 7.82. The second kappa shape index (κ2) is 6.32. The Balaban J connectivity index is 1.74. The number of hydrogen-bond acceptors (Lipinski definition) is 2. The van der Waals surface area contributed by atoms with Gasteiger partial charge in [-0.2, -0.15) is 5.10 Å². The predicted molar refractivity (Wildman–Crippen MR) is 85.0 cm³/mol. The zero-order valence-electron chi connectivity index (χ0n) is 13.2. The van der Waals surface area contributed by atoms with Crippen LogP contribution in [0.3, 0.4) is 0 Å². The SMILES string of the molecule is Cc1c(C(=O)N2CC[NH+](C)CC2)cnn1Cc1ccccc1. The maximum absolute atomic E-state index is 12.7. The number of benzene rings is 1. The zero-order chi connectivity index (χ0) is 15.5. The largest absolute Gasteiger partial charge is 0.334 e. The van der Waals surface area contributed by atoms with Crippen LogP contribution in [0.5, 0.6) is 0 Å². The Morgan fingerprint density at radius 1 is 1.23 bits per heavy atom. The highest BCUT2D eigenvalue weighted by Crippen LogP contribution is 2.13. The van der Waals surface area contributed by atoms with E-state index in [1.54, 1.807) is 6.20 Å². The summed E-state index contributed by atoms with van der Waals surface area (Å²) in [5.41, 5.74) is 2.87. The molecule has 1 N–H and O–H groups in total. The highest BCUT2D eigenvalue weighted by atomic mass is 16.2. The molecular formula is C17H23N4O+. The van der Waals surface area contributed by atoms with E-state index in [1.807, 2.05) is 34.7 Å². The summed E-state index contributed by atoms with van der Waals surface area (Å²) in [5.74, 6) is 0.115. The fraction of sp³-hybridized carbons (Fsp3) is 0.412. The average Bonchev–Trinajstić information content (AvgIpc) is 2.89. The second-order valence-corrected chi connectivity index (χ2v) is 6.04. The van der Waals surface area contributed by atoms with E-state index in [1.165, 1.54) is 10.5 Å². The topological polar surface area (TPSA) is 42.6 Å². The van der Waals surface area contributed by atoms with E-state index in [2.05, 4.69) is 24.3 Å². The van der Waals surface area contributed by atoms with Gasteiger partial charge in [0.2, 0.25) is 0 Å². The lowest BCUT2D eigenvalue weighted by Gasteiger charge is -2.30. The molecule has 5 nitrogen and oxygen atoms in total. The van der Waals surface area contributed by atoms with E-state index in [4.69, 9.17) is 0 Å². The standard InChI is InChI=1S/C17H22N4O/c1-14-16(17(22)20-10-8-19(2)9-11-20)12-18-21(14)13-15-6-4-3-5-7-15/h3-7,12H,8-11,13H2,1-2H3/p+1. The maximum atomic E-state index is 12.7.